The van der Waals surface area contributed by atoms with Crippen LogP contribution in [0.15, 0.2) is 66.7 Å². The van der Waals surface area contributed by atoms with E-state index in [4.69, 9.17) is 19.4 Å². The van der Waals surface area contributed by atoms with Crippen molar-refractivity contribution in [2.75, 3.05) is 59.1 Å². The Morgan fingerprint density at radius 3 is 2.41 bits per heavy atom. The first kappa shape index (κ1) is 45.9. The molecule has 6 N–H and O–H groups in total. The second-order valence-electron chi connectivity index (χ2n) is 17.7. The maximum absolute atomic E-state index is 14.3. The average Bonchev–Trinajstić information content (AvgIpc) is 3.62. The number of carbonyl (C=O) groups is 3. The highest BCUT2D eigenvalue weighted by Gasteiger charge is 2.57. The molecule has 2 bridgehead atoms. The Balaban J connectivity index is 1.27. The Morgan fingerprint density at radius 1 is 1.02 bits per heavy atom. The number of hydrogen-bond donors (Lipinski definition) is 6. The molecule has 0 radical (unpaired) electrons. The van der Waals surface area contributed by atoms with Gasteiger partial charge >= 0.3 is 0 Å². The maximum atomic E-state index is 14.3. The van der Waals surface area contributed by atoms with Gasteiger partial charge in [0, 0.05) is 61.4 Å². The lowest BCUT2D eigenvalue weighted by Gasteiger charge is -2.62. The third-order valence-corrected chi connectivity index (χ3v) is 13.4. The first-order chi connectivity index (χ1) is 29.2. The van der Waals surface area contributed by atoms with Gasteiger partial charge in [0.15, 0.2) is 0 Å². The van der Waals surface area contributed by atoms with Crippen LogP contribution >= 0.6 is 0 Å². The number of nitrogens with one attached hydrogen (secondary N) is 3. The maximum Gasteiger partial charge on any atom is 0.252 e. The van der Waals surface area contributed by atoms with Crippen LogP contribution in [0.1, 0.15) is 62.0 Å². The first-order valence-corrected chi connectivity index (χ1v) is 21.5. The molecule has 3 aliphatic carbocycles. The van der Waals surface area contributed by atoms with E-state index in [2.05, 4.69) is 36.7 Å². The van der Waals surface area contributed by atoms with Gasteiger partial charge in [-0.05, 0) is 72.3 Å². The van der Waals surface area contributed by atoms with Gasteiger partial charge in [0.2, 0.25) is 11.8 Å². The molecule has 1 saturated heterocycles. The minimum Gasteiger partial charge on any atom is -0.496 e. The highest BCUT2D eigenvalue weighted by molar-refractivity contribution is 6.00. The van der Waals surface area contributed by atoms with Crippen molar-refractivity contribution in [2.24, 2.45) is 29.1 Å². The molecule has 7 rings (SSSR count). The van der Waals surface area contributed by atoms with Crippen LogP contribution in [0.25, 0.3) is 11.1 Å². The van der Waals surface area contributed by atoms with Crippen LogP contribution in [0.2, 0.25) is 0 Å². The van der Waals surface area contributed by atoms with Gasteiger partial charge in [-0.2, -0.15) is 5.06 Å². The molecule has 9 atom stereocenters. The number of benzene rings is 3. The lowest BCUT2D eigenvalue weighted by Crippen LogP contribution is -2.62. The Morgan fingerprint density at radius 2 is 1.77 bits per heavy atom. The molecule has 3 amide bonds. The molecule has 61 heavy (non-hydrogen) atoms. The van der Waals surface area contributed by atoms with Gasteiger partial charge in [-0.3, -0.25) is 19.2 Å². The van der Waals surface area contributed by atoms with E-state index in [1.807, 2.05) is 73.6 Å². The molecule has 14 heteroatoms. The fourth-order valence-corrected chi connectivity index (χ4v) is 9.82. The quantitative estimate of drug-likeness (QED) is 0.0972. The highest BCUT2D eigenvalue weighted by atomic mass is 16.7. The molecule has 332 valence electrons. The van der Waals surface area contributed by atoms with Crippen LogP contribution in [0.5, 0.6) is 5.75 Å². The van der Waals surface area contributed by atoms with Gasteiger partial charge in [-0.15, -0.1) is 0 Å². The summed E-state index contributed by atoms with van der Waals surface area (Å²) in [6.45, 7) is 8.69. The minimum atomic E-state index is -0.940. The van der Waals surface area contributed by atoms with Crippen LogP contribution in [-0.2, 0) is 32.1 Å². The third-order valence-electron chi connectivity index (χ3n) is 13.4. The molecular weight excluding hydrogens is 779 g/mol. The predicted octanol–water partition coefficient (Wildman–Crippen LogP) is 3.56. The number of methoxy groups -OCH3 is 1. The van der Waals surface area contributed by atoms with Crippen LogP contribution in [0.3, 0.4) is 0 Å². The lowest BCUT2D eigenvalue weighted by atomic mass is 9.45. The third kappa shape index (κ3) is 10.2. The molecule has 3 saturated carbocycles. The number of hydrogen-bond acceptors (Lipinski definition) is 11. The number of nitrogens with zero attached hydrogens (tertiary/aromatic N) is 2. The zero-order valence-electron chi connectivity index (χ0n) is 36.6. The van der Waals surface area contributed by atoms with E-state index < -0.39 is 36.1 Å². The van der Waals surface area contributed by atoms with Crippen LogP contribution < -0.4 is 25.6 Å². The number of carbonyl (C=O) groups excluding carboxylic acids is 3. The number of hydroxylamine groups is 2. The van der Waals surface area contributed by atoms with Gasteiger partial charge in [0.25, 0.3) is 5.91 Å². The summed E-state index contributed by atoms with van der Waals surface area (Å²) in [4.78, 5) is 50.1. The number of ether oxygens (including phenoxy) is 2. The number of aliphatic hydroxyl groups excluding tert-OH is 3. The van der Waals surface area contributed by atoms with Gasteiger partial charge in [-0.1, -0.05) is 69.3 Å². The van der Waals surface area contributed by atoms with Crippen LogP contribution in [0, 0.1) is 29.1 Å². The molecule has 3 aromatic rings. The summed E-state index contributed by atoms with van der Waals surface area (Å²) in [6.07, 6.45) is 0.597. The van der Waals surface area contributed by atoms with E-state index in [0.717, 1.165) is 17.7 Å². The topological polar surface area (TPSA) is 182 Å². The molecule has 1 aliphatic heterocycles. The Labute approximate surface area is 359 Å². The van der Waals surface area contributed by atoms with E-state index in [9.17, 15) is 24.6 Å². The summed E-state index contributed by atoms with van der Waals surface area (Å²) in [5.41, 5.74) is 4.25. The number of amides is 3. The van der Waals surface area contributed by atoms with E-state index in [-0.39, 0.29) is 69.2 Å². The number of fused-ring (bicyclic) bond motifs is 2. The Bertz CT molecular complexity index is 1980. The molecule has 4 aliphatic rings. The normalized spacial score (nSPS) is 25.2. The largest absolute Gasteiger partial charge is 0.496 e. The molecule has 0 spiro atoms. The van der Waals surface area contributed by atoms with Gasteiger partial charge in [-0.25, -0.2) is 0 Å². The first-order valence-electron chi connectivity index (χ1n) is 21.5. The molecular formula is C47H65N5O9. The van der Waals surface area contributed by atoms with Crippen molar-refractivity contribution < 1.29 is 44.0 Å². The Hall–Kier alpha value is -4.57. The predicted molar refractivity (Wildman–Crippen MR) is 233 cm³/mol. The molecule has 3 aromatic carbocycles. The van der Waals surface area contributed by atoms with E-state index in [1.54, 1.807) is 31.2 Å². The van der Waals surface area contributed by atoms with Crippen LogP contribution in [-0.4, -0.2) is 123 Å². The fourth-order valence-electron chi connectivity index (χ4n) is 9.82. The van der Waals surface area contributed by atoms with Crippen molar-refractivity contribution in [1.82, 2.24) is 21.0 Å². The average molecular weight is 844 g/mol. The van der Waals surface area contributed by atoms with E-state index >= 15 is 0 Å². The zero-order chi connectivity index (χ0) is 44.0. The van der Waals surface area contributed by atoms with Crippen molar-refractivity contribution in [3.8, 4) is 16.9 Å². The van der Waals surface area contributed by atoms with Crippen molar-refractivity contribution in [3.63, 3.8) is 0 Å². The summed E-state index contributed by atoms with van der Waals surface area (Å²) >= 11 is 0. The summed E-state index contributed by atoms with van der Waals surface area (Å²) in [6, 6.07) is 18.8. The molecule has 0 unspecified atom stereocenters. The van der Waals surface area contributed by atoms with Gasteiger partial charge in [0.1, 0.15) is 23.9 Å². The number of rotatable bonds is 19. The lowest BCUT2D eigenvalue weighted by molar-refractivity contribution is -0.183. The van der Waals surface area contributed by atoms with Crippen molar-refractivity contribution in [1.29, 1.82) is 0 Å². The highest BCUT2D eigenvalue weighted by Crippen LogP contribution is 2.61. The summed E-state index contributed by atoms with van der Waals surface area (Å²) in [7, 11) is 5.32. The standard InChI is InChI=1S/C47H65N5O9/c1-28-37-24-34(47(37,3)4)25-38(28)49-46(58)42-41(29(2)55)40(27-54)61-52(42)26-31-14-11-15-36(43(31)59-7)32-21-33(23-35(22-32)51(5)6)44(56)50-39(20-30-12-9-8-10-13-30)45(57)48-16-18-60-19-17-53/h8-15,21-23,28-29,34,37-42,53-55H,16-20,24-27H2,1-7H3,(H,48,57)(H,49,58)(H,50,56)/t28-,29-,34-,37+,38-,39+,40-,41-,42-/m0/s1. The molecule has 4 fully saturated rings. The number of aliphatic hydroxyl groups is 3. The Kier molecular flexibility index (Phi) is 15.1. The van der Waals surface area contributed by atoms with Gasteiger partial charge in [0.05, 0.1) is 46.2 Å². The second-order valence-corrected chi connectivity index (χ2v) is 17.7. The fraction of sp³-hybridized carbons (Fsp3) is 0.553. The van der Waals surface area contributed by atoms with Gasteiger partial charge < -0.3 is 45.6 Å². The summed E-state index contributed by atoms with van der Waals surface area (Å²) in [5.74, 6) is 0.135. The summed E-state index contributed by atoms with van der Waals surface area (Å²) in [5, 5.41) is 41.1. The van der Waals surface area contributed by atoms with E-state index in [1.165, 1.54) is 6.42 Å². The summed E-state index contributed by atoms with van der Waals surface area (Å²) < 4.78 is 11.4. The smallest absolute Gasteiger partial charge is 0.252 e. The van der Waals surface area contributed by atoms with Crippen molar-refractivity contribution >= 4 is 23.4 Å². The minimum absolute atomic E-state index is 0.00201. The second kappa shape index (κ2) is 20.1. The molecule has 1 heterocycles. The van der Waals surface area contributed by atoms with Crippen LogP contribution in [0.4, 0.5) is 5.69 Å². The molecule has 0 aromatic heterocycles. The molecule has 14 nitrogen and oxygen atoms in total. The monoisotopic (exact) mass is 843 g/mol. The number of anilines is 1. The zero-order valence-corrected chi connectivity index (χ0v) is 36.6. The van der Waals surface area contributed by atoms with E-state index in [0.29, 0.717) is 45.8 Å². The van der Waals surface area contributed by atoms with Crippen molar-refractivity contribution in [2.45, 2.75) is 83.8 Å². The number of para-hydroxylation sites is 1. The SMILES string of the molecule is COc1c(CN2O[C@@H](CO)[C@H]([C@H](C)O)[C@H]2C(=O)N[C@H]2C[C@@H]3C[C@H]([C@@H]2C)C3(C)C)cccc1-c1cc(C(=O)N[C@H](Cc2ccccc2)C(=O)NCCOCCO)cc(N(C)C)c1. The van der Waals surface area contributed by atoms with Crippen molar-refractivity contribution in [3.05, 3.63) is 83.4 Å².